The molecule has 0 aliphatic carbocycles. The zero-order chi connectivity index (χ0) is 12.5. The number of fused-ring (bicyclic) bond motifs is 1. The summed E-state index contributed by atoms with van der Waals surface area (Å²) in [5.74, 6) is 2.61. The van der Waals surface area contributed by atoms with Gasteiger partial charge in [-0.25, -0.2) is 4.68 Å². The molecule has 2 N–H and O–H groups in total. The minimum atomic E-state index is 0.221. The van der Waals surface area contributed by atoms with Crippen molar-refractivity contribution >= 4 is 5.82 Å². The lowest BCUT2D eigenvalue weighted by Crippen LogP contribution is -2.05. The van der Waals surface area contributed by atoms with Gasteiger partial charge in [-0.15, -0.1) is 0 Å². The van der Waals surface area contributed by atoms with Gasteiger partial charge in [0.25, 0.3) is 0 Å². The first-order valence-corrected chi connectivity index (χ1v) is 5.51. The molecule has 1 aromatic carbocycles. The van der Waals surface area contributed by atoms with E-state index in [0.717, 1.165) is 5.56 Å². The summed E-state index contributed by atoms with van der Waals surface area (Å²) in [4.78, 5) is 0. The summed E-state index contributed by atoms with van der Waals surface area (Å²) >= 11 is 0. The number of hydrogen-bond donors (Lipinski definition) is 1. The van der Waals surface area contributed by atoms with Crippen LogP contribution in [0.1, 0.15) is 5.56 Å². The summed E-state index contributed by atoms with van der Waals surface area (Å²) < 4.78 is 17.7. The minimum Gasteiger partial charge on any atom is -0.493 e. The van der Waals surface area contributed by atoms with Crippen molar-refractivity contribution in [3.05, 3.63) is 30.0 Å². The van der Waals surface area contributed by atoms with E-state index in [1.165, 1.54) is 0 Å². The Bertz CT molecular complexity index is 580. The lowest BCUT2D eigenvalue weighted by atomic mass is 10.2. The maximum absolute atomic E-state index is 5.79. The molecule has 0 spiro atoms. The van der Waals surface area contributed by atoms with Crippen molar-refractivity contribution in [1.29, 1.82) is 0 Å². The van der Waals surface area contributed by atoms with Gasteiger partial charge in [0.1, 0.15) is 5.82 Å². The van der Waals surface area contributed by atoms with Crippen molar-refractivity contribution in [2.24, 2.45) is 0 Å². The van der Waals surface area contributed by atoms with E-state index >= 15 is 0 Å². The van der Waals surface area contributed by atoms with Gasteiger partial charge in [-0.2, -0.15) is 5.10 Å². The van der Waals surface area contributed by atoms with Crippen molar-refractivity contribution in [1.82, 2.24) is 9.78 Å². The smallest absolute Gasteiger partial charge is 0.231 e. The highest BCUT2D eigenvalue weighted by molar-refractivity contribution is 5.55. The van der Waals surface area contributed by atoms with E-state index < -0.39 is 0 Å². The summed E-state index contributed by atoms with van der Waals surface area (Å²) in [6.45, 7) is 0.783. The normalized spacial score (nSPS) is 12.7. The minimum absolute atomic E-state index is 0.221. The molecule has 0 fully saturated rings. The molecule has 0 amide bonds. The Hall–Kier alpha value is -2.37. The van der Waals surface area contributed by atoms with Gasteiger partial charge in [-0.05, 0) is 23.8 Å². The second-order valence-corrected chi connectivity index (χ2v) is 3.95. The fourth-order valence-corrected chi connectivity index (χ4v) is 1.92. The molecule has 18 heavy (non-hydrogen) atoms. The zero-order valence-electron chi connectivity index (χ0n) is 9.92. The Morgan fingerprint density at radius 3 is 3.06 bits per heavy atom. The predicted molar refractivity (Wildman–Crippen MR) is 64.9 cm³/mol. The summed E-state index contributed by atoms with van der Waals surface area (Å²) in [6, 6.07) is 5.56. The third-order valence-corrected chi connectivity index (χ3v) is 2.80. The van der Waals surface area contributed by atoms with Crippen LogP contribution in [-0.2, 0) is 6.54 Å². The van der Waals surface area contributed by atoms with Gasteiger partial charge in [0, 0.05) is 0 Å². The molecule has 3 rings (SSSR count). The quantitative estimate of drug-likeness (QED) is 0.883. The molecule has 1 aromatic heterocycles. The highest BCUT2D eigenvalue weighted by Gasteiger charge is 2.20. The maximum Gasteiger partial charge on any atom is 0.231 e. The van der Waals surface area contributed by atoms with Gasteiger partial charge >= 0.3 is 0 Å². The Morgan fingerprint density at radius 2 is 2.33 bits per heavy atom. The number of nitrogens with zero attached hydrogens (tertiary/aromatic N) is 2. The molecule has 0 saturated heterocycles. The molecule has 94 valence electrons. The predicted octanol–water partition coefficient (Wildman–Crippen LogP) is 1.25. The summed E-state index contributed by atoms with van der Waals surface area (Å²) in [5.41, 5.74) is 6.78. The molecule has 2 aromatic rings. The monoisotopic (exact) mass is 247 g/mol. The third-order valence-electron chi connectivity index (χ3n) is 2.80. The molecule has 0 unspecified atom stereocenters. The van der Waals surface area contributed by atoms with E-state index in [1.54, 1.807) is 24.1 Å². The van der Waals surface area contributed by atoms with Crippen LogP contribution in [0, 0.1) is 0 Å². The number of nitrogen functional groups attached to an aromatic ring is 1. The van der Waals surface area contributed by atoms with Crippen molar-refractivity contribution in [3.8, 4) is 17.2 Å². The Balaban J connectivity index is 1.96. The average molecular weight is 247 g/mol. The Kier molecular flexibility index (Phi) is 2.47. The van der Waals surface area contributed by atoms with Crippen LogP contribution < -0.4 is 19.9 Å². The van der Waals surface area contributed by atoms with Crippen LogP contribution in [0.3, 0.4) is 0 Å². The number of methoxy groups -OCH3 is 1. The number of hydrogen-bond acceptors (Lipinski definition) is 5. The van der Waals surface area contributed by atoms with Gasteiger partial charge in [0.2, 0.25) is 12.5 Å². The van der Waals surface area contributed by atoms with E-state index in [0.29, 0.717) is 29.6 Å². The van der Waals surface area contributed by atoms with Crippen molar-refractivity contribution in [2.45, 2.75) is 6.54 Å². The van der Waals surface area contributed by atoms with E-state index in [1.807, 2.05) is 12.1 Å². The highest BCUT2D eigenvalue weighted by Crippen LogP contribution is 2.41. The first kappa shape index (κ1) is 10.8. The lowest BCUT2D eigenvalue weighted by Gasteiger charge is -2.09. The van der Waals surface area contributed by atoms with Crippen LogP contribution in [0.2, 0.25) is 0 Å². The molecule has 2 heterocycles. The second kappa shape index (κ2) is 4.14. The lowest BCUT2D eigenvalue weighted by molar-refractivity contribution is 0.171. The van der Waals surface area contributed by atoms with Crippen LogP contribution in [-0.4, -0.2) is 23.7 Å². The molecule has 0 atom stereocenters. The first-order valence-electron chi connectivity index (χ1n) is 5.51. The number of aromatic nitrogens is 2. The van der Waals surface area contributed by atoms with Gasteiger partial charge in [-0.1, -0.05) is 0 Å². The topological polar surface area (TPSA) is 71.5 Å². The molecule has 1 aliphatic heterocycles. The molecule has 0 bridgehead atoms. The van der Waals surface area contributed by atoms with Gasteiger partial charge < -0.3 is 19.9 Å². The van der Waals surface area contributed by atoms with E-state index in [-0.39, 0.29) is 6.79 Å². The number of ether oxygens (including phenoxy) is 3. The van der Waals surface area contributed by atoms with Gasteiger partial charge in [0.15, 0.2) is 11.5 Å². The molecular weight excluding hydrogens is 234 g/mol. The highest BCUT2D eigenvalue weighted by atomic mass is 16.7. The van der Waals surface area contributed by atoms with Gasteiger partial charge in [0.05, 0.1) is 19.9 Å². The first-order chi connectivity index (χ1) is 8.78. The average Bonchev–Trinajstić information content (AvgIpc) is 2.98. The largest absolute Gasteiger partial charge is 0.493 e. The number of nitrogens with two attached hydrogens (primary N) is 1. The fourth-order valence-electron chi connectivity index (χ4n) is 1.92. The molecule has 0 radical (unpaired) electrons. The maximum atomic E-state index is 5.79. The van der Waals surface area contributed by atoms with Crippen LogP contribution >= 0.6 is 0 Å². The summed E-state index contributed by atoms with van der Waals surface area (Å²) in [7, 11) is 1.60. The van der Waals surface area contributed by atoms with Crippen molar-refractivity contribution in [2.75, 3.05) is 19.6 Å². The van der Waals surface area contributed by atoms with E-state index in [9.17, 15) is 0 Å². The summed E-state index contributed by atoms with van der Waals surface area (Å²) in [6.07, 6.45) is 1.67. The molecule has 6 nitrogen and oxygen atoms in total. The Labute approximate surface area is 104 Å². The van der Waals surface area contributed by atoms with Crippen LogP contribution in [0.25, 0.3) is 0 Å². The SMILES string of the molecule is COc1cc(Cn2nccc2N)cc2c1OCO2. The van der Waals surface area contributed by atoms with Crippen LogP contribution in [0.15, 0.2) is 24.4 Å². The molecular formula is C12H13N3O3. The molecule has 6 heteroatoms. The standard InChI is InChI=1S/C12H13N3O3/c1-16-9-4-8(5-10-12(9)18-7-17-10)6-15-11(13)2-3-14-15/h2-5H,6-7,13H2,1H3. The number of rotatable bonds is 3. The summed E-state index contributed by atoms with van der Waals surface area (Å²) in [5, 5.41) is 4.14. The zero-order valence-corrected chi connectivity index (χ0v) is 9.92. The van der Waals surface area contributed by atoms with E-state index in [2.05, 4.69) is 5.10 Å². The van der Waals surface area contributed by atoms with Crippen molar-refractivity contribution in [3.63, 3.8) is 0 Å². The third kappa shape index (κ3) is 1.71. The fraction of sp³-hybridized carbons (Fsp3) is 0.250. The number of benzene rings is 1. The second-order valence-electron chi connectivity index (χ2n) is 3.95. The van der Waals surface area contributed by atoms with Gasteiger partial charge in [-0.3, -0.25) is 0 Å². The Morgan fingerprint density at radius 1 is 1.44 bits per heavy atom. The molecule has 1 aliphatic rings. The number of anilines is 1. The molecule has 0 saturated carbocycles. The van der Waals surface area contributed by atoms with Crippen LogP contribution in [0.5, 0.6) is 17.2 Å². The van der Waals surface area contributed by atoms with E-state index in [4.69, 9.17) is 19.9 Å². The van der Waals surface area contributed by atoms with Crippen LogP contribution in [0.4, 0.5) is 5.82 Å². The van der Waals surface area contributed by atoms with Crippen molar-refractivity contribution < 1.29 is 14.2 Å².